The van der Waals surface area contributed by atoms with Crippen LogP contribution in [-0.4, -0.2) is 21.5 Å². The van der Waals surface area contributed by atoms with Gasteiger partial charge < -0.3 is 5.32 Å². The van der Waals surface area contributed by atoms with Crippen molar-refractivity contribution in [1.82, 2.24) is 10.0 Å². The lowest BCUT2D eigenvalue weighted by Crippen LogP contribution is -2.23. The average Bonchev–Trinajstić information content (AvgIpc) is 2.31. The summed E-state index contributed by atoms with van der Waals surface area (Å²) in [5.41, 5.74) is 0.363. The molecular weight excluding hydrogens is 255 g/mol. The van der Waals surface area contributed by atoms with Gasteiger partial charge in [0.25, 0.3) is 0 Å². The van der Waals surface area contributed by atoms with Gasteiger partial charge in [0.05, 0.1) is 4.90 Å². The number of hydrogen-bond acceptors (Lipinski definition) is 3. The van der Waals surface area contributed by atoms with Crippen molar-refractivity contribution in [2.75, 3.05) is 13.1 Å². The molecule has 0 aliphatic carbocycles. The molecule has 0 fully saturated rings. The smallest absolute Gasteiger partial charge is 0.240 e. The predicted octanol–water partition coefficient (Wildman–Crippen LogP) is 1.62. The second kappa shape index (κ2) is 6.82. The highest BCUT2D eigenvalue weighted by atomic mass is 32.2. The Morgan fingerprint density at radius 1 is 1.28 bits per heavy atom. The summed E-state index contributed by atoms with van der Waals surface area (Å²) in [5, 5.41) is 3.05. The first-order valence-electron chi connectivity index (χ1n) is 6.00. The number of halogens is 1. The Hall–Kier alpha value is -0.980. The molecular formula is C12H19FN2O2S. The zero-order chi connectivity index (χ0) is 13.6. The first-order chi connectivity index (χ1) is 8.51. The first kappa shape index (κ1) is 15.1. The highest BCUT2D eigenvalue weighted by Crippen LogP contribution is 2.15. The quantitative estimate of drug-likeness (QED) is 0.743. The minimum atomic E-state index is -3.52. The summed E-state index contributed by atoms with van der Waals surface area (Å²) in [6.45, 7) is 5.11. The third kappa shape index (κ3) is 4.04. The molecule has 0 saturated carbocycles. The molecule has 102 valence electrons. The van der Waals surface area contributed by atoms with Gasteiger partial charge >= 0.3 is 0 Å². The molecule has 0 spiro atoms. The molecule has 0 unspecified atom stereocenters. The van der Waals surface area contributed by atoms with E-state index < -0.39 is 15.8 Å². The fourth-order valence-corrected chi connectivity index (χ4v) is 2.62. The van der Waals surface area contributed by atoms with Crippen LogP contribution in [0.3, 0.4) is 0 Å². The SMILES string of the molecule is CCCNCc1cc(S(=O)(=O)NCC)ccc1F. The Balaban J connectivity index is 2.93. The fraction of sp³-hybridized carbons (Fsp3) is 0.500. The van der Waals surface area contributed by atoms with Gasteiger partial charge in [-0.25, -0.2) is 17.5 Å². The van der Waals surface area contributed by atoms with Gasteiger partial charge in [0, 0.05) is 18.7 Å². The summed E-state index contributed by atoms with van der Waals surface area (Å²) in [5.74, 6) is -0.394. The van der Waals surface area contributed by atoms with E-state index in [1.807, 2.05) is 6.92 Å². The van der Waals surface area contributed by atoms with Crippen LogP contribution in [0.25, 0.3) is 0 Å². The van der Waals surface area contributed by atoms with E-state index in [1.165, 1.54) is 18.2 Å². The maximum atomic E-state index is 13.5. The molecule has 6 heteroatoms. The van der Waals surface area contributed by atoms with Crippen molar-refractivity contribution in [3.05, 3.63) is 29.6 Å². The number of benzene rings is 1. The fourth-order valence-electron chi connectivity index (χ4n) is 1.53. The van der Waals surface area contributed by atoms with E-state index in [2.05, 4.69) is 10.0 Å². The Morgan fingerprint density at radius 3 is 2.61 bits per heavy atom. The minimum absolute atomic E-state index is 0.0963. The van der Waals surface area contributed by atoms with Crippen LogP contribution in [0.2, 0.25) is 0 Å². The molecule has 1 rings (SSSR count). The van der Waals surface area contributed by atoms with Crippen molar-refractivity contribution in [2.24, 2.45) is 0 Å². The van der Waals surface area contributed by atoms with Gasteiger partial charge in [-0.2, -0.15) is 0 Å². The summed E-state index contributed by atoms with van der Waals surface area (Å²) < 4.78 is 39.4. The van der Waals surface area contributed by atoms with Crippen LogP contribution in [-0.2, 0) is 16.6 Å². The monoisotopic (exact) mass is 274 g/mol. The van der Waals surface area contributed by atoms with Gasteiger partial charge in [0.2, 0.25) is 10.0 Å². The zero-order valence-corrected chi connectivity index (χ0v) is 11.5. The maximum Gasteiger partial charge on any atom is 0.240 e. The number of nitrogens with one attached hydrogen (secondary N) is 2. The van der Waals surface area contributed by atoms with E-state index in [1.54, 1.807) is 6.92 Å². The van der Waals surface area contributed by atoms with Gasteiger partial charge in [-0.05, 0) is 31.2 Å². The van der Waals surface area contributed by atoms with Gasteiger partial charge in [-0.3, -0.25) is 0 Å². The molecule has 0 heterocycles. The maximum absolute atomic E-state index is 13.5. The van der Waals surface area contributed by atoms with Crippen LogP contribution in [0, 0.1) is 5.82 Å². The summed E-state index contributed by atoms with van der Waals surface area (Å²) >= 11 is 0. The topological polar surface area (TPSA) is 58.2 Å². The summed E-state index contributed by atoms with van der Waals surface area (Å²) in [6, 6.07) is 3.83. The third-order valence-corrected chi connectivity index (χ3v) is 3.95. The predicted molar refractivity (Wildman–Crippen MR) is 69.3 cm³/mol. The summed E-state index contributed by atoms with van der Waals surface area (Å²) in [6.07, 6.45) is 0.941. The molecule has 0 aliphatic rings. The molecule has 1 aromatic carbocycles. The molecule has 0 aromatic heterocycles. The highest BCUT2D eigenvalue weighted by Gasteiger charge is 2.14. The van der Waals surface area contributed by atoms with Crippen LogP contribution in [0.4, 0.5) is 4.39 Å². The molecule has 0 amide bonds. The van der Waals surface area contributed by atoms with Crippen LogP contribution >= 0.6 is 0 Å². The lowest BCUT2D eigenvalue weighted by atomic mass is 10.2. The standard InChI is InChI=1S/C12H19FN2O2S/c1-3-7-14-9-10-8-11(5-6-12(10)13)18(16,17)15-4-2/h5-6,8,14-15H,3-4,7,9H2,1-2H3. The van der Waals surface area contributed by atoms with E-state index in [4.69, 9.17) is 0 Å². The van der Waals surface area contributed by atoms with Crippen molar-refractivity contribution in [3.8, 4) is 0 Å². The Morgan fingerprint density at radius 2 is 2.00 bits per heavy atom. The minimum Gasteiger partial charge on any atom is -0.313 e. The van der Waals surface area contributed by atoms with Gasteiger partial charge in [-0.1, -0.05) is 13.8 Å². The van der Waals surface area contributed by atoms with Crippen LogP contribution in [0.1, 0.15) is 25.8 Å². The van der Waals surface area contributed by atoms with Crippen LogP contribution in [0.5, 0.6) is 0 Å². The average molecular weight is 274 g/mol. The lowest BCUT2D eigenvalue weighted by Gasteiger charge is -2.09. The number of rotatable bonds is 7. The molecule has 0 bridgehead atoms. The van der Waals surface area contributed by atoms with Crippen LogP contribution < -0.4 is 10.0 Å². The molecule has 2 N–H and O–H groups in total. The summed E-state index contributed by atoms with van der Waals surface area (Å²) in [7, 11) is -3.52. The first-order valence-corrected chi connectivity index (χ1v) is 7.48. The van der Waals surface area contributed by atoms with Gasteiger partial charge in [0.15, 0.2) is 0 Å². The summed E-state index contributed by atoms with van der Waals surface area (Å²) in [4.78, 5) is 0.0963. The van der Waals surface area contributed by atoms with Gasteiger partial charge in [0.1, 0.15) is 5.82 Å². The molecule has 18 heavy (non-hydrogen) atoms. The van der Waals surface area contributed by atoms with Crippen molar-refractivity contribution in [3.63, 3.8) is 0 Å². The molecule has 0 saturated heterocycles. The third-order valence-electron chi connectivity index (χ3n) is 2.40. The van der Waals surface area contributed by atoms with E-state index in [0.717, 1.165) is 13.0 Å². The largest absolute Gasteiger partial charge is 0.313 e. The Labute approximate surface area is 108 Å². The second-order valence-electron chi connectivity index (χ2n) is 3.93. The Kier molecular flexibility index (Phi) is 5.71. The van der Waals surface area contributed by atoms with Crippen molar-refractivity contribution in [1.29, 1.82) is 0 Å². The van der Waals surface area contributed by atoms with Crippen molar-refractivity contribution < 1.29 is 12.8 Å². The van der Waals surface area contributed by atoms with E-state index in [0.29, 0.717) is 18.7 Å². The lowest BCUT2D eigenvalue weighted by molar-refractivity contribution is 0.575. The van der Waals surface area contributed by atoms with Crippen LogP contribution in [0.15, 0.2) is 23.1 Å². The molecule has 0 atom stereocenters. The van der Waals surface area contributed by atoms with Crippen molar-refractivity contribution in [2.45, 2.75) is 31.7 Å². The number of hydrogen-bond donors (Lipinski definition) is 2. The highest BCUT2D eigenvalue weighted by molar-refractivity contribution is 7.89. The zero-order valence-electron chi connectivity index (χ0n) is 10.7. The molecule has 1 aromatic rings. The van der Waals surface area contributed by atoms with E-state index in [9.17, 15) is 12.8 Å². The molecule has 0 aliphatic heterocycles. The second-order valence-corrected chi connectivity index (χ2v) is 5.70. The normalized spacial score (nSPS) is 11.7. The Bertz CT molecular complexity index is 489. The van der Waals surface area contributed by atoms with Crippen molar-refractivity contribution >= 4 is 10.0 Å². The van der Waals surface area contributed by atoms with E-state index in [-0.39, 0.29) is 4.90 Å². The molecule has 0 radical (unpaired) electrons. The van der Waals surface area contributed by atoms with Gasteiger partial charge in [-0.15, -0.1) is 0 Å². The van der Waals surface area contributed by atoms with E-state index >= 15 is 0 Å². The molecule has 4 nitrogen and oxygen atoms in total. The number of sulfonamides is 1.